The van der Waals surface area contributed by atoms with Crippen LogP contribution in [0.4, 0.5) is 4.39 Å². The van der Waals surface area contributed by atoms with Crippen molar-refractivity contribution in [2.45, 2.75) is 39.7 Å². The molecule has 0 unspecified atom stereocenters. The number of H-pyrrole nitrogens is 1. The SMILES string of the molecule is CCC(C)(C)n1c(=S)[nH]c2cc(F)c(C)cc21. The lowest BCUT2D eigenvalue weighted by Crippen LogP contribution is -2.25. The Morgan fingerprint density at radius 1 is 1.41 bits per heavy atom. The molecule has 0 radical (unpaired) electrons. The number of aromatic amines is 1. The summed E-state index contributed by atoms with van der Waals surface area (Å²) < 4.78 is 16.2. The zero-order chi connectivity index (χ0) is 12.8. The first-order chi connectivity index (χ1) is 7.86. The van der Waals surface area contributed by atoms with Gasteiger partial charge < -0.3 is 9.55 Å². The Kier molecular flexibility index (Phi) is 2.86. The van der Waals surface area contributed by atoms with Gasteiger partial charge in [-0.3, -0.25) is 0 Å². The summed E-state index contributed by atoms with van der Waals surface area (Å²) in [5.74, 6) is -0.199. The molecule has 4 heteroatoms. The Morgan fingerprint density at radius 3 is 2.65 bits per heavy atom. The summed E-state index contributed by atoms with van der Waals surface area (Å²) >= 11 is 5.34. The molecule has 0 saturated heterocycles. The second-order valence-corrected chi connectivity index (χ2v) is 5.44. The molecule has 1 heterocycles. The fourth-order valence-electron chi connectivity index (χ4n) is 1.99. The Hall–Kier alpha value is -1.16. The minimum absolute atomic E-state index is 0.0698. The Labute approximate surface area is 105 Å². The summed E-state index contributed by atoms with van der Waals surface area (Å²) in [7, 11) is 0. The Balaban J connectivity index is 2.85. The number of aromatic nitrogens is 2. The molecule has 0 fully saturated rings. The lowest BCUT2D eigenvalue weighted by molar-refractivity contribution is 0.348. The van der Waals surface area contributed by atoms with Gasteiger partial charge in [0.25, 0.3) is 0 Å². The smallest absolute Gasteiger partial charge is 0.178 e. The van der Waals surface area contributed by atoms with Gasteiger partial charge in [0.1, 0.15) is 5.82 Å². The summed E-state index contributed by atoms with van der Waals surface area (Å²) in [6.45, 7) is 8.16. The lowest BCUT2D eigenvalue weighted by atomic mass is 10.0. The highest BCUT2D eigenvalue weighted by atomic mass is 32.1. The Bertz CT molecular complexity index is 622. The summed E-state index contributed by atoms with van der Waals surface area (Å²) in [5, 5.41) is 0. The molecule has 2 aromatic rings. The van der Waals surface area contributed by atoms with E-state index in [4.69, 9.17) is 12.2 Å². The molecule has 0 aliphatic carbocycles. The van der Waals surface area contributed by atoms with Crippen molar-refractivity contribution in [2.75, 3.05) is 0 Å². The monoisotopic (exact) mass is 252 g/mol. The highest BCUT2D eigenvalue weighted by Gasteiger charge is 2.21. The molecule has 17 heavy (non-hydrogen) atoms. The third kappa shape index (κ3) is 1.90. The highest BCUT2D eigenvalue weighted by Crippen LogP contribution is 2.27. The van der Waals surface area contributed by atoms with Crippen LogP contribution in [0.5, 0.6) is 0 Å². The maximum absolute atomic E-state index is 13.5. The molecule has 0 bridgehead atoms. The van der Waals surface area contributed by atoms with E-state index in [1.165, 1.54) is 6.07 Å². The third-order valence-electron chi connectivity index (χ3n) is 3.43. The van der Waals surface area contributed by atoms with E-state index >= 15 is 0 Å². The van der Waals surface area contributed by atoms with Crippen LogP contribution in [-0.2, 0) is 5.54 Å². The first-order valence-corrected chi connectivity index (χ1v) is 6.19. The van der Waals surface area contributed by atoms with E-state index in [0.717, 1.165) is 17.5 Å². The number of nitrogens with one attached hydrogen (secondary N) is 1. The molecule has 0 aliphatic heterocycles. The molecule has 2 rings (SSSR count). The molecule has 1 N–H and O–H groups in total. The number of aryl methyl sites for hydroxylation is 1. The van der Waals surface area contributed by atoms with Crippen LogP contribution in [0.1, 0.15) is 32.8 Å². The van der Waals surface area contributed by atoms with Crippen LogP contribution in [0.25, 0.3) is 11.0 Å². The van der Waals surface area contributed by atoms with Crippen LogP contribution in [0, 0.1) is 17.5 Å². The average molecular weight is 252 g/mol. The lowest BCUT2D eigenvalue weighted by Gasteiger charge is -2.25. The Morgan fingerprint density at radius 2 is 2.06 bits per heavy atom. The second-order valence-electron chi connectivity index (χ2n) is 5.05. The largest absolute Gasteiger partial charge is 0.330 e. The van der Waals surface area contributed by atoms with Crippen LogP contribution >= 0.6 is 12.2 Å². The first-order valence-electron chi connectivity index (χ1n) is 5.78. The summed E-state index contributed by atoms with van der Waals surface area (Å²) in [4.78, 5) is 3.07. The van der Waals surface area contributed by atoms with E-state index in [0.29, 0.717) is 10.3 Å². The van der Waals surface area contributed by atoms with Gasteiger partial charge in [-0.2, -0.15) is 0 Å². The normalized spacial score (nSPS) is 12.3. The number of rotatable bonds is 2. The van der Waals surface area contributed by atoms with Crippen molar-refractivity contribution in [1.82, 2.24) is 9.55 Å². The van der Waals surface area contributed by atoms with Crippen LogP contribution in [0.15, 0.2) is 12.1 Å². The van der Waals surface area contributed by atoms with Gasteiger partial charge in [0.05, 0.1) is 11.0 Å². The zero-order valence-corrected chi connectivity index (χ0v) is 11.4. The van der Waals surface area contributed by atoms with Crippen molar-refractivity contribution in [3.63, 3.8) is 0 Å². The van der Waals surface area contributed by atoms with Gasteiger partial charge in [0, 0.05) is 5.54 Å². The van der Waals surface area contributed by atoms with Crippen molar-refractivity contribution in [3.05, 3.63) is 28.3 Å². The predicted octanol–water partition coefficient (Wildman–Crippen LogP) is 4.29. The fraction of sp³-hybridized carbons (Fsp3) is 0.462. The molecular weight excluding hydrogens is 235 g/mol. The number of nitrogens with zero attached hydrogens (tertiary/aromatic N) is 1. The standard InChI is InChI=1S/C13H17FN2S/c1-5-13(3,4)16-11-6-8(2)9(14)7-10(11)15-12(16)17/h6-7H,5H2,1-4H3,(H,15,17). The van der Waals surface area contributed by atoms with Crippen LogP contribution < -0.4 is 0 Å². The molecular formula is C13H17FN2S. The molecule has 0 aliphatic rings. The molecule has 92 valence electrons. The maximum atomic E-state index is 13.5. The molecule has 0 saturated carbocycles. The van der Waals surface area contributed by atoms with Crippen LogP contribution in [-0.4, -0.2) is 9.55 Å². The van der Waals surface area contributed by atoms with Gasteiger partial charge in [-0.15, -0.1) is 0 Å². The number of halogens is 1. The molecule has 0 spiro atoms. The number of fused-ring (bicyclic) bond motifs is 1. The minimum atomic E-state index is -0.199. The van der Waals surface area contributed by atoms with E-state index in [1.807, 2.05) is 6.07 Å². The number of hydrogen-bond donors (Lipinski definition) is 1. The van der Waals surface area contributed by atoms with E-state index in [1.54, 1.807) is 6.92 Å². The van der Waals surface area contributed by atoms with E-state index in [9.17, 15) is 4.39 Å². The molecule has 1 aromatic carbocycles. The van der Waals surface area contributed by atoms with Crippen molar-refractivity contribution < 1.29 is 4.39 Å². The highest BCUT2D eigenvalue weighted by molar-refractivity contribution is 7.71. The van der Waals surface area contributed by atoms with Crippen molar-refractivity contribution in [1.29, 1.82) is 0 Å². The molecule has 0 atom stereocenters. The number of hydrogen-bond acceptors (Lipinski definition) is 1. The van der Waals surface area contributed by atoms with Gasteiger partial charge >= 0.3 is 0 Å². The number of imidazole rings is 1. The molecule has 1 aromatic heterocycles. The quantitative estimate of drug-likeness (QED) is 0.791. The van der Waals surface area contributed by atoms with Gasteiger partial charge in [-0.25, -0.2) is 4.39 Å². The summed E-state index contributed by atoms with van der Waals surface area (Å²) in [6.07, 6.45) is 0.963. The van der Waals surface area contributed by atoms with Gasteiger partial charge in [0.15, 0.2) is 4.77 Å². The van der Waals surface area contributed by atoms with Gasteiger partial charge in [-0.05, 0) is 57.1 Å². The van der Waals surface area contributed by atoms with Crippen molar-refractivity contribution >= 4 is 23.3 Å². The van der Waals surface area contributed by atoms with E-state index in [2.05, 4.69) is 30.3 Å². The number of benzene rings is 1. The molecule has 0 amide bonds. The maximum Gasteiger partial charge on any atom is 0.178 e. The first kappa shape index (κ1) is 12.3. The summed E-state index contributed by atoms with van der Waals surface area (Å²) in [6, 6.07) is 3.37. The minimum Gasteiger partial charge on any atom is -0.330 e. The van der Waals surface area contributed by atoms with Crippen molar-refractivity contribution in [2.24, 2.45) is 0 Å². The fourth-order valence-corrected chi connectivity index (χ4v) is 2.45. The van der Waals surface area contributed by atoms with E-state index in [-0.39, 0.29) is 11.4 Å². The zero-order valence-electron chi connectivity index (χ0n) is 10.6. The van der Waals surface area contributed by atoms with Crippen molar-refractivity contribution in [3.8, 4) is 0 Å². The average Bonchev–Trinajstić information content (AvgIpc) is 2.55. The topological polar surface area (TPSA) is 20.7 Å². The van der Waals surface area contributed by atoms with Crippen LogP contribution in [0.2, 0.25) is 0 Å². The summed E-state index contributed by atoms with van der Waals surface area (Å²) in [5.41, 5.74) is 2.31. The van der Waals surface area contributed by atoms with E-state index < -0.39 is 0 Å². The predicted molar refractivity (Wildman–Crippen MR) is 71.4 cm³/mol. The van der Waals surface area contributed by atoms with Gasteiger partial charge in [-0.1, -0.05) is 6.92 Å². The molecule has 2 nitrogen and oxygen atoms in total. The second kappa shape index (κ2) is 3.95. The van der Waals surface area contributed by atoms with Crippen LogP contribution in [0.3, 0.4) is 0 Å². The van der Waals surface area contributed by atoms with Gasteiger partial charge in [0.2, 0.25) is 0 Å². The third-order valence-corrected chi connectivity index (χ3v) is 3.72.